The van der Waals surface area contributed by atoms with Crippen LogP contribution in [0.15, 0.2) is 9.59 Å². The maximum absolute atomic E-state index is 12.1. The van der Waals surface area contributed by atoms with Gasteiger partial charge in [-0.05, 0) is 6.42 Å². The van der Waals surface area contributed by atoms with Gasteiger partial charge in [0.1, 0.15) is 0 Å². The molecule has 9 nitrogen and oxygen atoms in total. The average Bonchev–Trinajstić information content (AvgIpc) is 2.91. The molecule has 3 rings (SSSR count). The van der Waals surface area contributed by atoms with Crippen molar-refractivity contribution in [3.05, 3.63) is 20.8 Å². The second-order valence-electron chi connectivity index (χ2n) is 6.08. The number of anilines is 1. The molecule has 2 aromatic heterocycles. The summed E-state index contributed by atoms with van der Waals surface area (Å²) < 4.78 is 3.04. The molecule has 0 atom stereocenters. The number of nitrogens with zero attached hydrogens (tertiary/aromatic N) is 5. The van der Waals surface area contributed by atoms with E-state index in [2.05, 4.69) is 9.97 Å². The Bertz CT molecular complexity index is 885. The van der Waals surface area contributed by atoms with Crippen molar-refractivity contribution in [2.45, 2.75) is 19.8 Å². The normalized spacial score (nSPS) is 15.3. The van der Waals surface area contributed by atoms with Crippen molar-refractivity contribution in [3.63, 3.8) is 0 Å². The van der Waals surface area contributed by atoms with Gasteiger partial charge in [-0.2, -0.15) is 4.98 Å². The van der Waals surface area contributed by atoms with Gasteiger partial charge in [-0.1, -0.05) is 6.92 Å². The maximum atomic E-state index is 12.1. The summed E-state index contributed by atoms with van der Waals surface area (Å²) in [5, 5.41) is 0. The van der Waals surface area contributed by atoms with Crippen LogP contribution < -0.4 is 16.1 Å². The highest BCUT2D eigenvalue weighted by molar-refractivity contribution is 5.77. The number of aromatic amines is 1. The van der Waals surface area contributed by atoms with Gasteiger partial charge in [0.2, 0.25) is 11.9 Å². The van der Waals surface area contributed by atoms with Gasteiger partial charge in [-0.3, -0.25) is 19.1 Å². The number of hydrogen-bond acceptors (Lipinski definition) is 5. The SMILES string of the molecule is CCCC(=O)N1CCN(c2nc3c(c(=O)[nH]c(=O)n3C)n2C)CC1. The van der Waals surface area contributed by atoms with E-state index in [9.17, 15) is 14.4 Å². The number of hydrogen-bond donors (Lipinski definition) is 1. The van der Waals surface area contributed by atoms with Crippen LogP contribution in [-0.4, -0.2) is 56.1 Å². The number of carbonyl (C=O) groups excluding carboxylic acids is 1. The molecular formula is C15H22N6O3. The molecule has 0 unspecified atom stereocenters. The van der Waals surface area contributed by atoms with E-state index in [0.717, 1.165) is 6.42 Å². The first-order valence-electron chi connectivity index (χ1n) is 8.12. The number of H-pyrrole nitrogens is 1. The predicted molar refractivity (Wildman–Crippen MR) is 90.3 cm³/mol. The number of rotatable bonds is 3. The van der Waals surface area contributed by atoms with E-state index in [0.29, 0.717) is 49.7 Å². The summed E-state index contributed by atoms with van der Waals surface area (Å²) in [6, 6.07) is 0. The van der Waals surface area contributed by atoms with Gasteiger partial charge in [-0.15, -0.1) is 0 Å². The first kappa shape index (κ1) is 16.3. The largest absolute Gasteiger partial charge is 0.339 e. The first-order chi connectivity index (χ1) is 11.4. The highest BCUT2D eigenvalue weighted by Crippen LogP contribution is 2.19. The summed E-state index contributed by atoms with van der Waals surface area (Å²) in [7, 11) is 3.34. The van der Waals surface area contributed by atoms with Crippen LogP contribution >= 0.6 is 0 Å². The van der Waals surface area contributed by atoms with Crippen LogP contribution in [0.1, 0.15) is 19.8 Å². The van der Waals surface area contributed by atoms with E-state index in [1.165, 1.54) is 4.57 Å². The summed E-state index contributed by atoms with van der Waals surface area (Å²) in [5.41, 5.74) is -0.180. The van der Waals surface area contributed by atoms with E-state index in [1.54, 1.807) is 18.7 Å². The summed E-state index contributed by atoms with van der Waals surface area (Å²) in [6.07, 6.45) is 1.42. The third-order valence-corrected chi connectivity index (χ3v) is 4.49. The van der Waals surface area contributed by atoms with Gasteiger partial charge in [0.15, 0.2) is 11.2 Å². The minimum Gasteiger partial charge on any atom is -0.339 e. The van der Waals surface area contributed by atoms with Gasteiger partial charge in [0.25, 0.3) is 5.56 Å². The molecule has 1 fully saturated rings. The Morgan fingerprint density at radius 3 is 2.42 bits per heavy atom. The highest BCUT2D eigenvalue weighted by atomic mass is 16.2. The minimum absolute atomic E-state index is 0.181. The number of aryl methyl sites for hydroxylation is 2. The van der Waals surface area contributed by atoms with Gasteiger partial charge >= 0.3 is 5.69 Å². The molecule has 3 heterocycles. The molecule has 0 spiro atoms. The third-order valence-electron chi connectivity index (χ3n) is 4.49. The molecule has 1 aliphatic rings. The lowest BCUT2D eigenvalue weighted by Crippen LogP contribution is -2.49. The van der Waals surface area contributed by atoms with Crippen molar-refractivity contribution < 1.29 is 4.79 Å². The summed E-state index contributed by atoms with van der Waals surface area (Å²) in [5.74, 6) is 0.820. The Morgan fingerprint density at radius 2 is 1.79 bits per heavy atom. The average molecular weight is 334 g/mol. The van der Waals surface area contributed by atoms with Gasteiger partial charge in [0, 0.05) is 46.7 Å². The second-order valence-corrected chi connectivity index (χ2v) is 6.08. The molecule has 24 heavy (non-hydrogen) atoms. The predicted octanol–water partition coefficient (Wildman–Crippen LogP) is -0.591. The molecule has 0 aliphatic carbocycles. The minimum atomic E-state index is -0.480. The fraction of sp³-hybridized carbons (Fsp3) is 0.600. The lowest BCUT2D eigenvalue weighted by Gasteiger charge is -2.35. The molecule has 9 heteroatoms. The molecule has 1 amide bonds. The highest BCUT2D eigenvalue weighted by Gasteiger charge is 2.25. The number of carbonyl (C=O) groups is 1. The standard InChI is InChI=1S/C15H22N6O3/c1-4-5-10(22)20-6-8-21(9-7-20)14-16-12-11(18(14)2)13(23)17-15(24)19(12)3/h4-9H2,1-3H3,(H,17,23,24). The zero-order chi connectivity index (χ0) is 17.4. The topological polar surface area (TPSA) is 96.2 Å². The monoisotopic (exact) mass is 334 g/mol. The van der Waals surface area contributed by atoms with Crippen LogP contribution in [0.5, 0.6) is 0 Å². The van der Waals surface area contributed by atoms with Crippen molar-refractivity contribution in [3.8, 4) is 0 Å². The summed E-state index contributed by atoms with van der Waals surface area (Å²) >= 11 is 0. The smallest absolute Gasteiger partial charge is 0.329 e. The Kier molecular flexibility index (Phi) is 4.16. The van der Waals surface area contributed by atoms with Crippen LogP contribution in [-0.2, 0) is 18.9 Å². The third kappa shape index (κ3) is 2.59. The Hall–Kier alpha value is -2.58. The molecule has 0 saturated carbocycles. The van der Waals surface area contributed by atoms with E-state index in [1.807, 2.05) is 16.7 Å². The van der Waals surface area contributed by atoms with Crippen molar-refractivity contribution in [1.82, 2.24) is 24.0 Å². The molecule has 1 saturated heterocycles. The van der Waals surface area contributed by atoms with E-state index in [4.69, 9.17) is 0 Å². The number of imidazole rings is 1. The molecular weight excluding hydrogens is 312 g/mol. The molecule has 1 aliphatic heterocycles. The Balaban J connectivity index is 1.89. The number of piperazine rings is 1. The lowest BCUT2D eigenvalue weighted by molar-refractivity contribution is -0.131. The van der Waals surface area contributed by atoms with Crippen molar-refractivity contribution >= 4 is 23.0 Å². The fourth-order valence-corrected chi connectivity index (χ4v) is 3.11. The lowest BCUT2D eigenvalue weighted by atomic mass is 10.2. The first-order valence-corrected chi connectivity index (χ1v) is 8.12. The number of aromatic nitrogens is 4. The van der Waals surface area contributed by atoms with Crippen molar-refractivity contribution in [2.24, 2.45) is 14.1 Å². The number of fused-ring (bicyclic) bond motifs is 1. The molecule has 0 bridgehead atoms. The van der Waals surface area contributed by atoms with Gasteiger partial charge in [-0.25, -0.2) is 4.79 Å². The Labute approximate surface area is 138 Å². The quantitative estimate of drug-likeness (QED) is 0.809. The van der Waals surface area contributed by atoms with Crippen molar-refractivity contribution in [1.29, 1.82) is 0 Å². The molecule has 0 radical (unpaired) electrons. The Morgan fingerprint density at radius 1 is 1.12 bits per heavy atom. The van der Waals surface area contributed by atoms with E-state index in [-0.39, 0.29) is 5.91 Å². The number of amides is 1. The molecule has 130 valence electrons. The van der Waals surface area contributed by atoms with E-state index < -0.39 is 11.2 Å². The van der Waals surface area contributed by atoms with E-state index >= 15 is 0 Å². The van der Waals surface area contributed by atoms with Crippen LogP contribution in [0, 0.1) is 0 Å². The fourth-order valence-electron chi connectivity index (χ4n) is 3.11. The van der Waals surface area contributed by atoms with Gasteiger partial charge in [0.05, 0.1) is 0 Å². The van der Waals surface area contributed by atoms with Crippen LogP contribution in [0.4, 0.5) is 5.95 Å². The van der Waals surface area contributed by atoms with Crippen LogP contribution in [0.25, 0.3) is 11.2 Å². The zero-order valence-corrected chi connectivity index (χ0v) is 14.2. The molecule has 0 aromatic carbocycles. The van der Waals surface area contributed by atoms with Crippen LogP contribution in [0.3, 0.4) is 0 Å². The van der Waals surface area contributed by atoms with Crippen molar-refractivity contribution in [2.75, 3.05) is 31.1 Å². The summed E-state index contributed by atoms with van der Waals surface area (Å²) in [6.45, 7) is 4.57. The van der Waals surface area contributed by atoms with Gasteiger partial charge < -0.3 is 14.4 Å². The maximum Gasteiger partial charge on any atom is 0.329 e. The summed E-state index contributed by atoms with van der Waals surface area (Å²) in [4.78, 5) is 46.5. The number of nitrogens with one attached hydrogen (secondary N) is 1. The molecule has 2 aromatic rings. The molecule has 1 N–H and O–H groups in total. The van der Waals surface area contributed by atoms with Crippen LogP contribution in [0.2, 0.25) is 0 Å². The zero-order valence-electron chi connectivity index (χ0n) is 14.2. The second kappa shape index (κ2) is 6.14.